The summed E-state index contributed by atoms with van der Waals surface area (Å²) in [6, 6.07) is 0. The maximum Gasteiger partial charge on any atom is 0.306 e. The van der Waals surface area contributed by atoms with Gasteiger partial charge in [0.05, 0.1) is 12.1 Å². The highest BCUT2D eigenvalue weighted by atomic mass is 16.5. The fraction of sp³-hybridized carbons (Fsp3) is 0.500. The monoisotopic (exact) mass is 169 g/mol. The molecule has 12 heavy (non-hydrogen) atoms. The molecule has 0 aromatic carbocycles. The normalized spacial score (nSPS) is 12.8. The summed E-state index contributed by atoms with van der Waals surface area (Å²) >= 11 is 0. The van der Waals surface area contributed by atoms with Gasteiger partial charge in [-0.3, -0.25) is 4.79 Å². The Labute approximate surface area is 70.2 Å². The topological polar surface area (TPSA) is 63.3 Å². The number of aliphatic carboxylic acids is 1. The number of carbonyl (C=O) groups is 1. The highest BCUT2D eigenvalue weighted by Gasteiger charge is 2.15. The summed E-state index contributed by atoms with van der Waals surface area (Å²) in [6.45, 7) is 3.49. The third-order valence-corrected chi connectivity index (χ3v) is 1.76. The lowest BCUT2D eigenvalue weighted by Crippen LogP contribution is -2.12. The van der Waals surface area contributed by atoms with E-state index in [2.05, 4.69) is 5.16 Å². The number of aromatic nitrogens is 1. The predicted molar refractivity (Wildman–Crippen MR) is 41.7 cm³/mol. The molecule has 0 spiro atoms. The van der Waals surface area contributed by atoms with Gasteiger partial charge in [0.15, 0.2) is 0 Å². The maximum absolute atomic E-state index is 10.5. The van der Waals surface area contributed by atoms with Gasteiger partial charge in [0.25, 0.3) is 0 Å². The van der Waals surface area contributed by atoms with Gasteiger partial charge in [-0.15, -0.1) is 0 Å². The minimum absolute atomic E-state index is 0.404. The summed E-state index contributed by atoms with van der Waals surface area (Å²) < 4.78 is 4.87. The molecule has 0 fully saturated rings. The average molecular weight is 169 g/mol. The Hall–Kier alpha value is -1.32. The molecule has 0 aliphatic heterocycles. The van der Waals surface area contributed by atoms with E-state index in [1.807, 2.05) is 6.92 Å². The van der Waals surface area contributed by atoms with E-state index >= 15 is 0 Å². The van der Waals surface area contributed by atoms with E-state index in [9.17, 15) is 4.79 Å². The van der Waals surface area contributed by atoms with Gasteiger partial charge < -0.3 is 9.63 Å². The molecule has 1 heterocycles. The van der Waals surface area contributed by atoms with Crippen LogP contribution in [0.3, 0.4) is 0 Å². The van der Waals surface area contributed by atoms with Crippen molar-refractivity contribution in [3.63, 3.8) is 0 Å². The van der Waals surface area contributed by atoms with Crippen molar-refractivity contribution in [1.29, 1.82) is 0 Å². The van der Waals surface area contributed by atoms with Gasteiger partial charge in [0, 0.05) is 12.0 Å². The smallest absolute Gasteiger partial charge is 0.306 e. The molecule has 0 aliphatic rings. The second-order valence-electron chi connectivity index (χ2n) is 2.88. The molecule has 66 valence electrons. The summed E-state index contributed by atoms with van der Waals surface area (Å²) in [5.41, 5.74) is 0.906. The first-order valence-electron chi connectivity index (χ1n) is 3.74. The molecule has 1 aromatic rings. The zero-order valence-corrected chi connectivity index (χ0v) is 7.07. The lowest BCUT2D eigenvalue weighted by molar-refractivity contribution is -0.141. The molecule has 4 heteroatoms. The summed E-state index contributed by atoms with van der Waals surface area (Å²) in [5, 5.41) is 12.2. The van der Waals surface area contributed by atoms with Crippen LogP contribution >= 0.6 is 0 Å². The van der Waals surface area contributed by atoms with E-state index in [1.165, 1.54) is 0 Å². The van der Waals surface area contributed by atoms with Crippen LogP contribution < -0.4 is 0 Å². The molecule has 0 aliphatic carbocycles. The average Bonchev–Trinajstić information content (AvgIpc) is 2.36. The van der Waals surface area contributed by atoms with E-state index in [0.29, 0.717) is 12.2 Å². The number of hydrogen-bond donors (Lipinski definition) is 1. The van der Waals surface area contributed by atoms with Crippen LogP contribution in [0.5, 0.6) is 0 Å². The maximum atomic E-state index is 10.5. The lowest BCUT2D eigenvalue weighted by Gasteiger charge is -2.01. The van der Waals surface area contributed by atoms with Gasteiger partial charge in [-0.1, -0.05) is 12.1 Å². The molecule has 0 bridgehead atoms. The van der Waals surface area contributed by atoms with Crippen molar-refractivity contribution in [2.75, 3.05) is 0 Å². The summed E-state index contributed by atoms with van der Waals surface area (Å²) in [6.07, 6.45) is 1.99. The van der Waals surface area contributed by atoms with Gasteiger partial charge in [0.1, 0.15) is 5.76 Å². The molecule has 0 saturated carbocycles. The van der Waals surface area contributed by atoms with Crippen LogP contribution in [0.1, 0.15) is 18.2 Å². The number of rotatable bonds is 3. The third-order valence-electron chi connectivity index (χ3n) is 1.76. The number of hydrogen-bond acceptors (Lipinski definition) is 3. The van der Waals surface area contributed by atoms with Crippen LogP contribution in [-0.4, -0.2) is 16.2 Å². The van der Waals surface area contributed by atoms with E-state index in [0.717, 1.165) is 5.56 Å². The second kappa shape index (κ2) is 3.38. The van der Waals surface area contributed by atoms with Crippen LogP contribution in [0.25, 0.3) is 0 Å². The van der Waals surface area contributed by atoms with Gasteiger partial charge in [-0.05, 0) is 6.92 Å². The second-order valence-corrected chi connectivity index (χ2v) is 2.88. The Morgan fingerprint density at radius 2 is 2.50 bits per heavy atom. The van der Waals surface area contributed by atoms with Crippen molar-refractivity contribution in [1.82, 2.24) is 5.16 Å². The van der Waals surface area contributed by atoms with Crippen molar-refractivity contribution >= 4 is 5.97 Å². The van der Waals surface area contributed by atoms with Crippen LogP contribution in [0.2, 0.25) is 0 Å². The minimum atomic E-state index is -0.814. The number of carboxylic acids is 1. The molecule has 0 radical (unpaired) electrons. The molecule has 4 nitrogen and oxygen atoms in total. The molecule has 0 amide bonds. The molecule has 1 N–H and O–H groups in total. The Balaban J connectivity index is 2.64. The summed E-state index contributed by atoms with van der Waals surface area (Å²) in [5.74, 6) is -0.577. The van der Waals surface area contributed by atoms with Gasteiger partial charge >= 0.3 is 5.97 Å². The Morgan fingerprint density at radius 3 is 2.92 bits per heavy atom. The van der Waals surface area contributed by atoms with Crippen molar-refractivity contribution in [3.8, 4) is 0 Å². The molecule has 0 saturated heterocycles. The fourth-order valence-corrected chi connectivity index (χ4v) is 0.877. The van der Waals surface area contributed by atoms with E-state index in [4.69, 9.17) is 9.63 Å². The van der Waals surface area contributed by atoms with Crippen LogP contribution in [0.4, 0.5) is 0 Å². The summed E-state index contributed by atoms with van der Waals surface area (Å²) in [4.78, 5) is 10.5. The number of aryl methyl sites for hydroxylation is 1. The van der Waals surface area contributed by atoms with Gasteiger partial charge in [-0.25, -0.2) is 0 Å². The molecule has 1 atom stereocenters. The highest BCUT2D eigenvalue weighted by molar-refractivity contribution is 5.69. The molecular weight excluding hydrogens is 158 g/mol. The lowest BCUT2D eigenvalue weighted by atomic mass is 10.1. The highest BCUT2D eigenvalue weighted by Crippen LogP contribution is 2.12. The fourth-order valence-electron chi connectivity index (χ4n) is 0.877. The first kappa shape index (κ1) is 8.77. The molecule has 1 unspecified atom stereocenters. The number of nitrogens with zero attached hydrogens (tertiary/aromatic N) is 1. The Bertz CT molecular complexity index is 280. The van der Waals surface area contributed by atoms with Crippen molar-refractivity contribution in [2.24, 2.45) is 5.92 Å². The van der Waals surface area contributed by atoms with Crippen LogP contribution in [0, 0.1) is 12.8 Å². The Kier molecular flexibility index (Phi) is 2.47. The summed E-state index contributed by atoms with van der Waals surface area (Å²) in [7, 11) is 0. The van der Waals surface area contributed by atoms with Crippen molar-refractivity contribution < 1.29 is 14.4 Å². The van der Waals surface area contributed by atoms with Gasteiger partial charge in [-0.2, -0.15) is 0 Å². The SMILES string of the molecule is Cc1cnoc1CC(C)C(=O)O. The Morgan fingerprint density at radius 1 is 1.83 bits per heavy atom. The van der Waals surface area contributed by atoms with Gasteiger partial charge in [0.2, 0.25) is 0 Å². The zero-order chi connectivity index (χ0) is 9.14. The van der Waals surface area contributed by atoms with Crippen LogP contribution in [0.15, 0.2) is 10.7 Å². The minimum Gasteiger partial charge on any atom is -0.481 e. The van der Waals surface area contributed by atoms with E-state index < -0.39 is 11.9 Å². The largest absolute Gasteiger partial charge is 0.481 e. The van der Waals surface area contributed by atoms with E-state index in [1.54, 1.807) is 13.1 Å². The van der Waals surface area contributed by atoms with Crippen molar-refractivity contribution in [3.05, 3.63) is 17.5 Å². The molecular formula is C8H11NO3. The number of carboxylic acid groups (broad SMARTS) is 1. The quantitative estimate of drug-likeness (QED) is 0.739. The van der Waals surface area contributed by atoms with Crippen LogP contribution in [-0.2, 0) is 11.2 Å². The third kappa shape index (κ3) is 1.84. The standard InChI is InChI=1S/C8H11NO3/c1-5(8(10)11)3-7-6(2)4-9-12-7/h4-5H,3H2,1-2H3,(H,10,11). The zero-order valence-electron chi connectivity index (χ0n) is 7.07. The van der Waals surface area contributed by atoms with Crippen molar-refractivity contribution in [2.45, 2.75) is 20.3 Å². The van der Waals surface area contributed by atoms with E-state index in [-0.39, 0.29) is 0 Å². The molecule has 1 aromatic heterocycles. The molecule has 1 rings (SSSR count). The first-order chi connectivity index (χ1) is 5.61. The first-order valence-corrected chi connectivity index (χ1v) is 3.74. The predicted octanol–water partition coefficient (Wildman–Crippen LogP) is 1.25.